The number of pyridine rings is 1. The number of Topliss-reactive ketones (excluding diaryl/α,β-unsaturated/α-hetero) is 1. The quantitative estimate of drug-likeness (QED) is 0.653. The number of nitrogens with zero attached hydrogens (tertiary/aromatic N) is 4. The fourth-order valence-electron chi connectivity index (χ4n) is 3.82. The molecule has 26 heavy (non-hydrogen) atoms. The molecule has 4 rings (SSSR count). The summed E-state index contributed by atoms with van der Waals surface area (Å²) in [4.78, 5) is 29.6. The molecule has 1 aliphatic heterocycles. The molecule has 0 aromatic carbocycles. The normalized spacial score (nSPS) is 17.7. The predicted octanol–water partition coefficient (Wildman–Crippen LogP) is 4.11. The maximum absolute atomic E-state index is 13.0. The van der Waals surface area contributed by atoms with Crippen LogP contribution in [0.1, 0.15) is 39.3 Å². The molecule has 0 amide bonds. The van der Waals surface area contributed by atoms with E-state index in [-0.39, 0.29) is 11.7 Å². The molecule has 134 valence electrons. The van der Waals surface area contributed by atoms with Crippen molar-refractivity contribution in [1.82, 2.24) is 15.0 Å². The SMILES string of the molecule is Cc1cc(C)c2c(N3CCC[C@H](C(=O)c4sccc4C)C3)ncnc2n1. The lowest BCUT2D eigenvalue weighted by Crippen LogP contribution is -2.39. The Morgan fingerprint density at radius 1 is 1.23 bits per heavy atom. The Kier molecular flexibility index (Phi) is 4.44. The molecule has 0 radical (unpaired) electrons. The Morgan fingerprint density at radius 3 is 2.85 bits per heavy atom. The minimum absolute atomic E-state index is 0.0184. The van der Waals surface area contributed by atoms with Gasteiger partial charge in [0.05, 0.1) is 10.3 Å². The summed E-state index contributed by atoms with van der Waals surface area (Å²) in [5, 5.41) is 3.00. The maximum Gasteiger partial charge on any atom is 0.177 e. The Balaban J connectivity index is 1.68. The molecule has 3 aromatic heterocycles. The number of ketones is 1. The van der Waals surface area contributed by atoms with E-state index < -0.39 is 0 Å². The minimum atomic E-state index is 0.0184. The largest absolute Gasteiger partial charge is 0.355 e. The lowest BCUT2D eigenvalue weighted by molar-refractivity contribution is 0.0911. The molecule has 1 atom stereocenters. The van der Waals surface area contributed by atoms with Crippen LogP contribution in [0.25, 0.3) is 11.0 Å². The van der Waals surface area contributed by atoms with Crippen molar-refractivity contribution in [1.29, 1.82) is 0 Å². The van der Waals surface area contributed by atoms with Gasteiger partial charge in [-0.2, -0.15) is 0 Å². The van der Waals surface area contributed by atoms with E-state index in [0.29, 0.717) is 6.54 Å². The molecule has 0 aliphatic carbocycles. The highest BCUT2D eigenvalue weighted by atomic mass is 32.1. The number of anilines is 1. The molecule has 4 heterocycles. The zero-order valence-electron chi connectivity index (χ0n) is 15.3. The molecule has 6 heteroatoms. The van der Waals surface area contributed by atoms with E-state index in [2.05, 4.69) is 32.8 Å². The van der Waals surface area contributed by atoms with E-state index in [4.69, 9.17) is 0 Å². The summed E-state index contributed by atoms with van der Waals surface area (Å²) in [6, 6.07) is 4.09. The fraction of sp³-hybridized carbons (Fsp3) is 0.400. The zero-order valence-corrected chi connectivity index (χ0v) is 16.1. The standard InChI is InChI=1S/C20H22N4OS/c1-12-6-8-26-18(12)17(25)15-5-4-7-24(10-15)20-16-13(2)9-14(3)23-19(16)21-11-22-20/h6,8-9,11,15H,4-5,7,10H2,1-3H3/t15-/m0/s1. The molecule has 0 saturated carbocycles. The van der Waals surface area contributed by atoms with Gasteiger partial charge in [0.25, 0.3) is 0 Å². The highest BCUT2D eigenvalue weighted by Gasteiger charge is 2.29. The van der Waals surface area contributed by atoms with Gasteiger partial charge in [0.1, 0.15) is 12.1 Å². The second kappa shape index (κ2) is 6.76. The summed E-state index contributed by atoms with van der Waals surface area (Å²) in [5.74, 6) is 1.19. The van der Waals surface area contributed by atoms with Crippen LogP contribution in [0.3, 0.4) is 0 Å². The van der Waals surface area contributed by atoms with Crippen molar-refractivity contribution < 1.29 is 4.79 Å². The van der Waals surface area contributed by atoms with Crippen molar-refractivity contribution in [3.8, 4) is 0 Å². The number of piperidine rings is 1. The van der Waals surface area contributed by atoms with E-state index in [1.54, 1.807) is 17.7 Å². The number of hydrogen-bond acceptors (Lipinski definition) is 6. The smallest absolute Gasteiger partial charge is 0.177 e. The monoisotopic (exact) mass is 366 g/mol. The van der Waals surface area contributed by atoms with Crippen LogP contribution in [0.4, 0.5) is 5.82 Å². The second-order valence-electron chi connectivity index (χ2n) is 7.06. The van der Waals surface area contributed by atoms with Gasteiger partial charge in [-0.25, -0.2) is 15.0 Å². The number of aromatic nitrogens is 3. The minimum Gasteiger partial charge on any atom is -0.355 e. The van der Waals surface area contributed by atoms with Crippen LogP contribution in [0.15, 0.2) is 23.8 Å². The van der Waals surface area contributed by atoms with Gasteiger partial charge >= 0.3 is 0 Å². The summed E-state index contributed by atoms with van der Waals surface area (Å²) in [5.41, 5.74) is 3.90. The molecule has 0 unspecified atom stereocenters. The highest BCUT2D eigenvalue weighted by molar-refractivity contribution is 7.12. The molecular formula is C20H22N4OS. The van der Waals surface area contributed by atoms with Crippen LogP contribution >= 0.6 is 11.3 Å². The van der Waals surface area contributed by atoms with Gasteiger partial charge in [-0.15, -0.1) is 11.3 Å². The third-order valence-electron chi connectivity index (χ3n) is 5.09. The third kappa shape index (κ3) is 2.98. The number of carbonyl (C=O) groups excluding carboxylic acids is 1. The Hall–Kier alpha value is -2.34. The fourth-order valence-corrected chi connectivity index (χ4v) is 4.77. The topological polar surface area (TPSA) is 59.0 Å². The highest BCUT2D eigenvalue weighted by Crippen LogP contribution is 2.31. The van der Waals surface area contributed by atoms with Crippen LogP contribution in [-0.2, 0) is 0 Å². The number of carbonyl (C=O) groups is 1. The van der Waals surface area contributed by atoms with Crippen molar-refractivity contribution in [3.05, 3.63) is 45.5 Å². The number of fused-ring (bicyclic) bond motifs is 1. The molecular weight excluding hydrogens is 344 g/mol. The maximum atomic E-state index is 13.0. The van der Waals surface area contributed by atoms with Crippen LogP contribution in [0, 0.1) is 26.7 Å². The van der Waals surface area contributed by atoms with Crippen molar-refractivity contribution in [2.75, 3.05) is 18.0 Å². The van der Waals surface area contributed by atoms with Gasteiger partial charge in [-0.1, -0.05) is 0 Å². The predicted molar refractivity (Wildman–Crippen MR) is 105 cm³/mol. The molecule has 0 bridgehead atoms. The summed E-state index contributed by atoms with van der Waals surface area (Å²) in [7, 11) is 0. The summed E-state index contributed by atoms with van der Waals surface area (Å²) < 4.78 is 0. The van der Waals surface area contributed by atoms with Crippen molar-refractivity contribution in [2.24, 2.45) is 5.92 Å². The summed E-state index contributed by atoms with van der Waals surface area (Å²) in [6.07, 6.45) is 3.51. The van der Waals surface area contributed by atoms with E-state index >= 15 is 0 Å². The van der Waals surface area contributed by atoms with Gasteiger partial charge in [-0.05, 0) is 62.3 Å². The summed E-state index contributed by atoms with van der Waals surface area (Å²) in [6.45, 7) is 7.68. The molecule has 1 saturated heterocycles. The van der Waals surface area contributed by atoms with Crippen LogP contribution < -0.4 is 4.90 Å². The van der Waals surface area contributed by atoms with Crippen molar-refractivity contribution in [2.45, 2.75) is 33.6 Å². The third-order valence-corrected chi connectivity index (χ3v) is 6.12. The van der Waals surface area contributed by atoms with Gasteiger partial charge in [0, 0.05) is 24.7 Å². The second-order valence-corrected chi connectivity index (χ2v) is 7.97. The average Bonchev–Trinajstić information content (AvgIpc) is 3.06. The van der Waals surface area contributed by atoms with E-state index in [1.807, 2.05) is 25.3 Å². The first-order valence-corrected chi connectivity index (χ1v) is 9.85. The first kappa shape index (κ1) is 17.1. The number of rotatable bonds is 3. The molecule has 0 N–H and O–H groups in total. The lowest BCUT2D eigenvalue weighted by Gasteiger charge is -2.33. The van der Waals surface area contributed by atoms with Gasteiger partial charge < -0.3 is 4.90 Å². The Bertz CT molecular complexity index is 981. The van der Waals surface area contributed by atoms with E-state index in [9.17, 15) is 4.79 Å². The molecule has 0 spiro atoms. The average molecular weight is 366 g/mol. The lowest BCUT2D eigenvalue weighted by atomic mass is 9.92. The van der Waals surface area contributed by atoms with Crippen LogP contribution in [0.2, 0.25) is 0 Å². The van der Waals surface area contributed by atoms with Gasteiger partial charge in [-0.3, -0.25) is 4.79 Å². The number of thiophene rings is 1. The molecule has 5 nitrogen and oxygen atoms in total. The zero-order chi connectivity index (χ0) is 18.3. The van der Waals surface area contributed by atoms with E-state index in [0.717, 1.165) is 57.9 Å². The van der Waals surface area contributed by atoms with Crippen molar-refractivity contribution >= 4 is 34.0 Å². The summed E-state index contributed by atoms with van der Waals surface area (Å²) >= 11 is 1.55. The van der Waals surface area contributed by atoms with Gasteiger partial charge in [0.2, 0.25) is 0 Å². The molecule has 1 aliphatic rings. The van der Waals surface area contributed by atoms with Gasteiger partial charge in [0.15, 0.2) is 11.4 Å². The van der Waals surface area contributed by atoms with Crippen LogP contribution in [0.5, 0.6) is 0 Å². The van der Waals surface area contributed by atoms with Crippen molar-refractivity contribution in [3.63, 3.8) is 0 Å². The Labute approximate surface area is 157 Å². The number of aryl methyl sites for hydroxylation is 3. The first-order valence-electron chi connectivity index (χ1n) is 8.97. The van der Waals surface area contributed by atoms with E-state index in [1.165, 1.54) is 0 Å². The number of hydrogen-bond donors (Lipinski definition) is 0. The molecule has 1 fully saturated rings. The molecule has 3 aromatic rings. The Morgan fingerprint density at radius 2 is 2.08 bits per heavy atom. The first-order chi connectivity index (χ1) is 12.5. The van der Waals surface area contributed by atoms with Crippen LogP contribution in [-0.4, -0.2) is 33.8 Å².